The van der Waals surface area contributed by atoms with Gasteiger partial charge in [-0.15, -0.1) is 0 Å². The predicted molar refractivity (Wildman–Crippen MR) is 115 cm³/mol. The van der Waals surface area contributed by atoms with Crippen molar-refractivity contribution in [3.05, 3.63) is 54.0 Å². The van der Waals surface area contributed by atoms with Crippen molar-refractivity contribution in [1.29, 1.82) is 0 Å². The van der Waals surface area contributed by atoms with Crippen LogP contribution in [0.5, 0.6) is 5.75 Å². The lowest BCUT2D eigenvalue weighted by atomic mass is 10.1. The Hall–Kier alpha value is -2.83. The number of nitrogens with one attached hydrogen (secondary N) is 2. The zero-order valence-electron chi connectivity index (χ0n) is 17.2. The molecule has 1 aromatic carbocycles. The van der Waals surface area contributed by atoms with Gasteiger partial charge in [0.05, 0.1) is 6.61 Å². The van der Waals surface area contributed by atoms with Gasteiger partial charge in [0.1, 0.15) is 5.75 Å². The highest BCUT2D eigenvalue weighted by Gasteiger charge is 2.25. The summed E-state index contributed by atoms with van der Waals surface area (Å²) in [7, 11) is 0. The van der Waals surface area contributed by atoms with E-state index in [9.17, 15) is 4.39 Å². The van der Waals surface area contributed by atoms with E-state index < -0.39 is 0 Å². The second-order valence-electron chi connectivity index (χ2n) is 6.98. The first-order chi connectivity index (χ1) is 14.2. The summed E-state index contributed by atoms with van der Waals surface area (Å²) < 4.78 is 19.5. The van der Waals surface area contributed by atoms with Crippen LogP contribution < -0.4 is 20.3 Å². The van der Waals surface area contributed by atoms with Gasteiger partial charge >= 0.3 is 0 Å². The number of aliphatic imine (C=N–C) groups is 1. The Morgan fingerprint density at radius 1 is 1.31 bits per heavy atom. The topological polar surface area (TPSA) is 61.8 Å². The van der Waals surface area contributed by atoms with Gasteiger partial charge in [0, 0.05) is 38.4 Å². The Morgan fingerprint density at radius 3 is 3.00 bits per heavy atom. The van der Waals surface area contributed by atoms with Crippen molar-refractivity contribution < 1.29 is 9.13 Å². The van der Waals surface area contributed by atoms with E-state index in [-0.39, 0.29) is 11.9 Å². The van der Waals surface area contributed by atoms with E-state index in [0.29, 0.717) is 25.5 Å². The van der Waals surface area contributed by atoms with Gasteiger partial charge < -0.3 is 20.3 Å². The van der Waals surface area contributed by atoms with Crippen LogP contribution in [0.3, 0.4) is 0 Å². The van der Waals surface area contributed by atoms with Gasteiger partial charge in [-0.2, -0.15) is 0 Å². The smallest absolute Gasteiger partial charge is 0.191 e. The van der Waals surface area contributed by atoms with E-state index in [1.165, 1.54) is 11.6 Å². The molecule has 2 N–H and O–H groups in total. The van der Waals surface area contributed by atoms with Crippen molar-refractivity contribution in [3.63, 3.8) is 0 Å². The summed E-state index contributed by atoms with van der Waals surface area (Å²) in [5.41, 5.74) is 1.20. The second kappa shape index (κ2) is 10.6. The van der Waals surface area contributed by atoms with Crippen LogP contribution >= 0.6 is 0 Å². The van der Waals surface area contributed by atoms with Crippen LogP contribution in [0.15, 0.2) is 47.6 Å². The number of guanidine groups is 1. The predicted octanol–water partition coefficient (Wildman–Crippen LogP) is 3.00. The molecule has 3 rings (SSSR count). The fraction of sp³-hybridized carbons (Fsp3) is 0.455. The van der Waals surface area contributed by atoms with E-state index in [2.05, 4.69) is 27.8 Å². The first-order valence-corrected chi connectivity index (χ1v) is 10.3. The van der Waals surface area contributed by atoms with Crippen LogP contribution in [0.4, 0.5) is 10.2 Å². The lowest BCUT2D eigenvalue weighted by molar-refractivity contribution is 0.340. The molecule has 1 unspecified atom stereocenters. The van der Waals surface area contributed by atoms with Crippen LogP contribution in [-0.2, 0) is 6.42 Å². The molecule has 1 atom stereocenters. The standard InChI is InChI=1S/C22H30FN5O/c1-3-24-22(26-13-10-17-7-5-8-19(15-17)29-4-2)27-18-11-14-28(16-18)21-20(23)9-6-12-25-21/h5-9,12,15,18H,3-4,10-11,13-14,16H2,1-2H3,(H2,24,26,27). The lowest BCUT2D eigenvalue weighted by Crippen LogP contribution is -2.44. The van der Waals surface area contributed by atoms with Gasteiger partial charge in [0.25, 0.3) is 0 Å². The molecule has 1 fully saturated rings. The molecular weight excluding hydrogens is 369 g/mol. The molecule has 156 valence electrons. The second-order valence-corrected chi connectivity index (χ2v) is 6.98. The zero-order chi connectivity index (χ0) is 20.5. The lowest BCUT2D eigenvalue weighted by Gasteiger charge is -2.20. The quantitative estimate of drug-likeness (QED) is 0.528. The van der Waals surface area contributed by atoms with Crippen molar-refractivity contribution in [1.82, 2.24) is 15.6 Å². The summed E-state index contributed by atoms with van der Waals surface area (Å²) in [5.74, 6) is 1.84. The number of rotatable bonds is 8. The molecule has 0 aliphatic carbocycles. The molecule has 0 radical (unpaired) electrons. The maximum atomic E-state index is 14.0. The van der Waals surface area contributed by atoms with Crippen molar-refractivity contribution >= 4 is 11.8 Å². The van der Waals surface area contributed by atoms with E-state index in [1.54, 1.807) is 12.3 Å². The van der Waals surface area contributed by atoms with Gasteiger partial charge in [-0.25, -0.2) is 9.37 Å². The minimum Gasteiger partial charge on any atom is -0.494 e. The third-order valence-corrected chi connectivity index (χ3v) is 4.79. The van der Waals surface area contributed by atoms with Gasteiger partial charge in [-0.3, -0.25) is 4.99 Å². The van der Waals surface area contributed by atoms with E-state index in [4.69, 9.17) is 9.73 Å². The Labute approximate surface area is 172 Å². The zero-order valence-corrected chi connectivity index (χ0v) is 17.2. The maximum absolute atomic E-state index is 14.0. The van der Waals surface area contributed by atoms with E-state index in [0.717, 1.165) is 37.6 Å². The molecule has 1 aliphatic rings. The van der Waals surface area contributed by atoms with Crippen molar-refractivity contribution in [2.75, 3.05) is 37.7 Å². The van der Waals surface area contributed by atoms with Crippen LogP contribution in [-0.4, -0.2) is 49.8 Å². The molecule has 1 aliphatic heterocycles. The third kappa shape index (κ3) is 6.07. The Balaban J connectivity index is 1.54. The van der Waals surface area contributed by atoms with Crippen molar-refractivity contribution in [2.24, 2.45) is 4.99 Å². The van der Waals surface area contributed by atoms with Crippen LogP contribution in [0.25, 0.3) is 0 Å². The highest BCUT2D eigenvalue weighted by molar-refractivity contribution is 5.80. The number of nitrogens with zero attached hydrogens (tertiary/aromatic N) is 3. The van der Waals surface area contributed by atoms with Crippen LogP contribution in [0.1, 0.15) is 25.8 Å². The van der Waals surface area contributed by atoms with E-state index >= 15 is 0 Å². The molecule has 7 heteroatoms. The number of hydrogen-bond acceptors (Lipinski definition) is 4. The summed E-state index contributed by atoms with van der Waals surface area (Å²) in [6.45, 7) is 7.64. The van der Waals surface area contributed by atoms with Gasteiger partial charge in [-0.05, 0) is 56.5 Å². The van der Waals surface area contributed by atoms with Crippen LogP contribution in [0, 0.1) is 5.82 Å². The summed E-state index contributed by atoms with van der Waals surface area (Å²) in [4.78, 5) is 10.9. The molecule has 1 saturated heterocycles. The van der Waals surface area contributed by atoms with Gasteiger partial charge in [0.15, 0.2) is 17.6 Å². The molecule has 6 nitrogen and oxygen atoms in total. The van der Waals surface area contributed by atoms with Crippen LogP contribution in [0.2, 0.25) is 0 Å². The highest BCUT2D eigenvalue weighted by Crippen LogP contribution is 2.20. The fourth-order valence-corrected chi connectivity index (χ4v) is 3.45. The number of halogens is 1. The number of aromatic nitrogens is 1. The Bertz CT molecular complexity index is 813. The molecule has 0 spiro atoms. The largest absolute Gasteiger partial charge is 0.494 e. The summed E-state index contributed by atoms with van der Waals surface area (Å²) in [6.07, 6.45) is 3.38. The molecule has 1 aromatic heterocycles. The number of pyridine rings is 1. The Kier molecular flexibility index (Phi) is 7.67. The minimum absolute atomic E-state index is 0.204. The number of benzene rings is 1. The molecule has 0 bridgehead atoms. The van der Waals surface area contributed by atoms with Gasteiger partial charge in [0.2, 0.25) is 0 Å². The SMILES string of the molecule is CCNC(=NCCc1cccc(OCC)c1)NC1CCN(c2ncccc2F)C1. The average molecular weight is 400 g/mol. The summed E-state index contributed by atoms with van der Waals surface area (Å²) >= 11 is 0. The van der Waals surface area contributed by atoms with Crippen molar-refractivity contribution in [2.45, 2.75) is 32.7 Å². The summed E-state index contributed by atoms with van der Waals surface area (Å²) in [5, 5.41) is 6.78. The molecule has 0 saturated carbocycles. The number of anilines is 1. The normalized spacial score (nSPS) is 16.7. The molecule has 29 heavy (non-hydrogen) atoms. The summed E-state index contributed by atoms with van der Waals surface area (Å²) in [6, 6.07) is 11.4. The maximum Gasteiger partial charge on any atom is 0.191 e. The van der Waals surface area contributed by atoms with E-state index in [1.807, 2.05) is 30.9 Å². The fourth-order valence-electron chi connectivity index (χ4n) is 3.45. The average Bonchev–Trinajstić information content (AvgIpc) is 3.17. The van der Waals surface area contributed by atoms with Crippen molar-refractivity contribution in [3.8, 4) is 5.75 Å². The first-order valence-electron chi connectivity index (χ1n) is 10.3. The Morgan fingerprint density at radius 2 is 2.21 bits per heavy atom. The molecule has 2 aromatic rings. The number of ether oxygens (including phenoxy) is 1. The number of hydrogen-bond donors (Lipinski definition) is 2. The molecular formula is C22H30FN5O. The molecule has 2 heterocycles. The minimum atomic E-state index is -0.275. The highest BCUT2D eigenvalue weighted by atomic mass is 19.1. The monoisotopic (exact) mass is 399 g/mol. The third-order valence-electron chi connectivity index (χ3n) is 4.79. The van der Waals surface area contributed by atoms with Gasteiger partial charge in [-0.1, -0.05) is 12.1 Å². The first kappa shape index (κ1) is 20.9. The molecule has 0 amide bonds.